The first-order chi connectivity index (χ1) is 9.50. The smallest absolute Gasteiger partial charge is 0.255 e. The van der Waals surface area contributed by atoms with Crippen LogP contribution in [0.4, 0.5) is 0 Å². The summed E-state index contributed by atoms with van der Waals surface area (Å²) in [6, 6.07) is 11.8. The summed E-state index contributed by atoms with van der Waals surface area (Å²) < 4.78 is 0. The van der Waals surface area contributed by atoms with Gasteiger partial charge in [0.1, 0.15) is 0 Å². The van der Waals surface area contributed by atoms with Crippen molar-refractivity contribution in [1.82, 2.24) is 9.88 Å². The van der Waals surface area contributed by atoms with Gasteiger partial charge in [0.25, 0.3) is 5.91 Å². The molecule has 0 aliphatic carbocycles. The molecule has 2 heterocycles. The van der Waals surface area contributed by atoms with Crippen molar-refractivity contribution in [1.29, 1.82) is 0 Å². The zero-order valence-electron chi connectivity index (χ0n) is 12.0. The van der Waals surface area contributed by atoms with Crippen molar-refractivity contribution in [2.75, 3.05) is 0 Å². The van der Waals surface area contributed by atoms with Crippen molar-refractivity contribution >= 4 is 5.91 Å². The van der Waals surface area contributed by atoms with Crippen molar-refractivity contribution < 1.29 is 4.79 Å². The second-order valence-electron chi connectivity index (χ2n) is 6.12. The fourth-order valence-corrected chi connectivity index (χ4v) is 2.88. The van der Waals surface area contributed by atoms with Gasteiger partial charge in [-0.1, -0.05) is 18.2 Å². The third-order valence-electron chi connectivity index (χ3n) is 3.71. The predicted octanol–water partition coefficient (Wildman–Crippen LogP) is 3.43. The highest BCUT2D eigenvalue weighted by Gasteiger charge is 2.42. The minimum atomic E-state index is -0.232. The summed E-state index contributed by atoms with van der Waals surface area (Å²) in [7, 11) is 0. The van der Waals surface area contributed by atoms with Gasteiger partial charge in [0, 0.05) is 23.5 Å². The third kappa shape index (κ3) is 1.90. The summed E-state index contributed by atoms with van der Waals surface area (Å²) in [4.78, 5) is 18.8. The first kappa shape index (κ1) is 12.9. The van der Waals surface area contributed by atoms with E-state index in [-0.39, 0.29) is 17.5 Å². The molecule has 0 N–H and O–H groups in total. The van der Waals surface area contributed by atoms with E-state index in [0.717, 1.165) is 16.7 Å². The van der Waals surface area contributed by atoms with E-state index < -0.39 is 0 Å². The van der Waals surface area contributed by atoms with Crippen molar-refractivity contribution in [2.45, 2.75) is 32.4 Å². The molecule has 1 aromatic heterocycles. The molecule has 0 spiro atoms. The lowest BCUT2D eigenvalue weighted by atomic mass is 9.96. The molecule has 0 bridgehead atoms. The minimum Gasteiger partial charge on any atom is -0.323 e. The van der Waals surface area contributed by atoms with Crippen LogP contribution in [0, 0.1) is 0 Å². The van der Waals surface area contributed by atoms with Crippen LogP contribution in [0.25, 0.3) is 0 Å². The predicted molar refractivity (Wildman–Crippen MR) is 78.4 cm³/mol. The maximum absolute atomic E-state index is 12.7. The standard InChI is InChI=1S/C17H18N2O/c1-17(2,3)19-15(12-8-10-18-11-9-12)13-6-4-5-7-14(13)16(19)20/h4-11,15H,1-3H3. The first-order valence-electron chi connectivity index (χ1n) is 6.82. The number of nitrogens with zero attached hydrogens (tertiary/aromatic N) is 2. The molecule has 3 rings (SSSR count). The fraction of sp³-hybridized carbons (Fsp3) is 0.294. The summed E-state index contributed by atoms with van der Waals surface area (Å²) in [5.74, 6) is 0.106. The molecule has 20 heavy (non-hydrogen) atoms. The highest BCUT2D eigenvalue weighted by atomic mass is 16.2. The van der Waals surface area contributed by atoms with Crippen LogP contribution in [0.3, 0.4) is 0 Å². The van der Waals surface area contributed by atoms with Gasteiger partial charge >= 0.3 is 0 Å². The Hall–Kier alpha value is -2.16. The van der Waals surface area contributed by atoms with Crippen LogP contribution >= 0.6 is 0 Å². The molecule has 2 aromatic rings. The Morgan fingerprint density at radius 1 is 1.05 bits per heavy atom. The second kappa shape index (κ2) is 4.44. The largest absolute Gasteiger partial charge is 0.323 e. The molecule has 0 radical (unpaired) electrons. The van der Waals surface area contributed by atoms with Crippen molar-refractivity contribution in [3.05, 3.63) is 65.5 Å². The molecule has 3 heteroatoms. The Balaban J connectivity index is 2.20. The lowest BCUT2D eigenvalue weighted by molar-refractivity contribution is 0.0552. The van der Waals surface area contributed by atoms with Crippen molar-refractivity contribution in [2.24, 2.45) is 0 Å². The molecule has 0 saturated carbocycles. The lowest BCUT2D eigenvalue weighted by Gasteiger charge is -2.37. The van der Waals surface area contributed by atoms with Crippen LogP contribution in [-0.4, -0.2) is 21.3 Å². The van der Waals surface area contributed by atoms with E-state index in [9.17, 15) is 4.79 Å². The number of rotatable bonds is 1. The quantitative estimate of drug-likeness (QED) is 0.792. The molecule has 0 saturated heterocycles. The number of aromatic nitrogens is 1. The van der Waals surface area contributed by atoms with Crippen molar-refractivity contribution in [3.8, 4) is 0 Å². The molecule has 3 nitrogen and oxygen atoms in total. The highest BCUT2D eigenvalue weighted by molar-refractivity contribution is 6.00. The maximum atomic E-state index is 12.7. The van der Waals surface area contributed by atoms with Gasteiger partial charge in [-0.15, -0.1) is 0 Å². The van der Waals surface area contributed by atoms with E-state index in [2.05, 4.69) is 25.8 Å². The molecule has 1 aliphatic heterocycles. The summed E-state index contributed by atoms with van der Waals surface area (Å²) in [5, 5.41) is 0. The number of pyridine rings is 1. The number of carbonyl (C=O) groups excluding carboxylic acids is 1. The number of benzene rings is 1. The Morgan fingerprint density at radius 2 is 1.70 bits per heavy atom. The number of carbonyl (C=O) groups is 1. The molecule has 1 aliphatic rings. The van der Waals surface area contributed by atoms with Gasteiger partial charge in [0.2, 0.25) is 0 Å². The van der Waals surface area contributed by atoms with Gasteiger partial charge in [-0.3, -0.25) is 9.78 Å². The normalized spacial score (nSPS) is 18.2. The molecule has 0 fully saturated rings. The summed E-state index contributed by atoms with van der Waals surface area (Å²) >= 11 is 0. The molecule has 1 atom stereocenters. The van der Waals surface area contributed by atoms with E-state index in [1.54, 1.807) is 12.4 Å². The Labute approximate surface area is 119 Å². The topological polar surface area (TPSA) is 33.2 Å². The SMILES string of the molecule is CC(C)(C)N1C(=O)c2ccccc2C1c1ccncc1. The summed E-state index contributed by atoms with van der Waals surface area (Å²) in [5.41, 5.74) is 2.76. The van der Waals surface area contributed by atoms with Gasteiger partial charge in [-0.05, 0) is 50.1 Å². The number of hydrogen-bond donors (Lipinski definition) is 0. The molecule has 1 unspecified atom stereocenters. The van der Waals surface area contributed by atoms with Gasteiger partial charge in [-0.2, -0.15) is 0 Å². The zero-order chi connectivity index (χ0) is 14.3. The Kier molecular flexibility index (Phi) is 2.85. The van der Waals surface area contributed by atoms with Crippen LogP contribution in [-0.2, 0) is 0 Å². The summed E-state index contributed by atoms with van der Waals surface area (Å²) in [6.45, 7) is 6.22. The minimum absolute atomic E-state index is 0.0262. The summed E-state index contributed by atoms with van der Waals surface area (Å²) in [6.07, 6.45) is 3.56. The monoisotopic (exact) mass is 266 g/mol. The van der Waals surface area contributed by atoms with Gasteiger partial charge in [0.15, 0.2) is 0 Å². The van der Waals surface area contributed by atoms with Crippen LogP contribution in [0.15, 0.2) is 48.8 Å². The molecular weight excluding hydrogens is 248 g/mol. The second-order valence-corrected chi connectivity index (χ2v) is 6.12. The molecule has 1 amide bonds. The van der Waals surface area contributed by atoms with Crippen LogP contribution in [0.2, 0.25) is 0 Å². The van der Waals surface area contributed by atoms with Crippen molar-refractivity contribution in [3.63, 3.8) is 0 Å². The third-order valence-corrected chi connectivity index (χ3v) is 3.71. The van der Waals surface area contributed by atoms with Gasteiger partial charge in [0.05, 0.1) is 6.04 Å². The highest BCUT2D eigenvalue weighted by Crippen LogP contribution is 2.42. The van der Waals surface area contributed by atoms with Crippen LogP contribution in [0.5, 0.6) is 0 Å². The molecule has 1 aromatic carbocycles. The maximum Gasteiger partial charge on any atom is 0.255 e. The lowest BCUT2D eigenvalue weighted by Crippen LogP contribution is -2.44. The fourth-order valence-electron chi connectivity index (χ4n) is 2.88. The Bertz CT molecular complexity index is 644. The Morgan fingerprint density at radius 3 is 2.35 bits per heavy atom. The van der Waals surface area contributed by atoms with Gasteiger partial charge in [-0.25, -0.2) is 0 Å². The molecule has 102 valence electrons. The van der Waals surface area contributed by atoms with E-state index in [0.29, 0.717) is 0 Å². The average Bonchev–Trinajstić information content (AvgIpc) is 2.74. The van der Waals surface area contributed by atoms with Crippen LogP contribution < -0.4 is 0 Å². The first-order valence-corrected chi connectivity index (χ1v) is 6.82. The number of hydrogen-bond acceptors (Lipinski definition) is 2. The molecular formula is C17H18N2O. The van der Waals surface area contributed by atoms with E-state index in [1.165, 1.54) is 0 Å². The van der Waals surface area contributed by atoms with E-state index in [4.69, 9.17) is 0 Å². The van der Waals surface area contributed by atoms with Crippen LogP contribution in [0.1, 0.15) is 48.3 Å². The van der Waals surface area contributed by atoms with Gasteiger partial charge < -0.3 is 4.90 Å². The average molecular weight is 266 g/mol. The van der Waals surface area contributed by atoms with E-state index in [1.807, 2.05) is 41.3 Å². The zero-order valence-corrected chi connectivity index (χ0v) is 12.0. The number of amides is 1. The number of fused-ring (bicyclic) bond motifs is 1. The van der Waals surface area contributed by atoms with E-state index >= 15 is 0 Å².